The van der Waals surface area contributed by atoms with E-state index < -0.39 is 83.5 Å². The number of aromatic amines is 1. The third-order valence-corrected chi connectivity index (χ3v) is 9.29. The van der Waals surface area contributed by atoms with Crippen molar-refractivity contribution in [2.75, 3.05) is 24.7 Å². The number of anilines is 2. The van der Waals surface area contributed by atoms with Gasteiger partial charge in [-0.05, 0) is 0 Å². The summed E-state index contributed by atoms with van der Waals surface area (Å²) in [5.74, 6) is -0.250. The first-order valence-corrected chi connectivity index (χ1v) is 15.9. The molecular formula is C20H24N10O13P2. The number of hydrogen-bond acceptors (Lipinski definition) is 18. The van der Waals surface area contributed by atoms with E-state index in [0.29, 0.717) is 0 Å². The monoisotopic (exact) mass is 674 g/mol. The first-order chi connectivity index (χ1) is 21.3. The second-order valence-electron chi connectivity index (χ2n) is 10.1. The Morgan fingerprint density at radius 3 is 2.18 bits per heavy atom. The van der Waals surface area contributed by atoms with Crippen LogP contribution in [-0.4, -0.2) is 109 Å². The van der Waals surface area contributed by atoms with Gasteiger partial charge in [-0.25, -0.2) is 29.1 Å². The smallest absolute Gasteiger partial charge is 0.387 e. The molecule has 4 aromatic heterocycles. The first-order valence-electron chi connectivity index (χ1n) is 13.0. The van der Waals surface area contributed by atoms with E-state index in [1.165, 1.54) is 10.9 Å². The van der Waals surface area contributed by atoms with Gasteiger partial charge in [-0.1, -0.05) is 0 Å². The highest BCUT2D eigenvalue weighted by molar-refractivity contribution is 7.47. The van der Waals surface area contributed by atoms with Crippen LogP contribution in [0.4, 0.5) is 11.8 Å². The lowest BCUT2D eigenvalue weighted by atomic mass is 10.1. The molecule has 242 valence electrons. The molecule has 3 aliphatic heterocycles. The first kappa shape index (κ1) is 30.2. The van der Waals surface area contributed by atoms with Crippen LogP contribution in [0.25, 0.3) is 22.3 Å². The molecule has 45 heavy (non-hydrogen) atoms. The number of rotatable bonds is 2. The molecule has 0 aromatic carbocycles. The second-order valence-corrected chi connectivity index (χ2v) is 13.0. The normalized spacial score (nSPS) is 37.7. The van der Waals surface area contributed by atoms with Crippen molar-refractivity contribution in [3.63, 3.8) is 0 Å². The molecule has 4 aromatic rings. The molecule has 3 unspecified atom stereocenters. The van der Waals surface area contributed by atoms with Gasteiger partial charge in [0.2, 0.25) is 5.95 Å². The molecule has 0 amide bonds. The van der Waals surface area contributed by atoms with Gasteiger partial charge in [0.25, 0.3) is 5.56 Å². The number of nitrogens with one attached hydrogen (secondary N) is 1. The number of phosphoric acid groups is 2. The topological polar surface area (TPSA) is 330 Å². The number of hydrogen-bond donors (Lipinski definition) is 7. The zero-order chi connectivity index (χ0) is 31.8. The van der Waals surface area contributed by atoms with Crippen LogP contribution in [-0.2, 0) is 36.7 Å². The lowest BCUT2D eigenvalue weighted by Gasteiger charge is -2.25. The molecule has 23 nitrogen and oxygen atoms in total. The van der Waals surface area contributed by atoms with Crippen LogP contribution in [0.5, 0.6) is 0 Å². The third-order valence-electron chi connectivity index (χ3n) is 7.32. The number of imidazole rings is 2. The second kappa shape index (κ2) is 10.8. The number of fused-ring (bicyclic) bond motifs is 5. The van der Waals surface area contributed by atoms with Crippen molar-refractivity contribution in [1.82, 2.24) is 39.0 Å². The highest BCUT2D eigenvalue weighted by Gasteiger charge is 2.54. The van der Waals surface area contributed by atoms with Crippen LogP contribution in [0.2, 0.25) is 0 Å². The van der Waals surface area contributed by atoms with Gasteiger partial charge < -0.3 is 40.9 Å². The predicted octanol–water partition coefficient (Wildman–Crippen LogP) is -2.34. The van der Waals surface area contributed by atoms with Crippen LogP contribution < -0.4 is 17.0 Å². The van der Waals surface area contributed by atoms with Gasteiger partial charge in [0.1, 0.15) is 48.5 Å². The molecule has 3 aliphatic rings. The van der Waals surface area contributed by atoms with Gasteiger partial charge in [0.05, 0.1) is 25.9 Å². The highest BCUT2D eigenvalue weighted by Crippen LogP contribution is 2.53. The van der Waals surface area contributed by atoms with E-state index in [1.54, 1.807) is 0 Å². The lowest BCUT2D eigenvalue weighted by Crippen LogP contribution is -2.36. The highest BCUT2D eigenvalue weighted by atomic mass is 31.2. The molecule has 25 heteroatoms. The summed E-state index contributed by atoms with van der Waals surface area (Å²) >= 11 is 0. The number of aromatic nitrogens is 8. The van der Waals surface area contributed by atoms with E-state index in [-0.39, 0.29) is 34.1 Å². The summed E-state index contributed by atoms with van der Waals surface area (Å²) in [7, 11) is -10.2. The van der Waals surface area contributed by atoms with Crippen molar-refractivity contribution in [2.45, 2.75) is 49.1 Å². The van der Waals surface area contributed by atoms with E-state index in [4.69, 9.17) is 39.0 Å². The average molecular weight is 674 g/mol. The number of aliphatic hydroxyl groups excluding tert-OH is 2. The minimum absolute atomic E-state index is 0.0343. The molecule has 0 aliphatic carbocycles. The van der Waals surface area contributed by atoms with Crippen LogP contribution in [0.1, 0.15) is 12.5 Å². The number of nitrogen functional groups attached to an aromatic ring is 2. The van der Waals surface area contributed by atoms with Gasteiger partial charge in [0.15, 0.2) is 35.1 Å². The largest absolute Gasteiger partial charge is 0.472 e. The Balaban J connectivity index is 1.21. The van der Waals surface area contributed by atoms with E-state index >= 15 is 0 Å². The summed E-state index contributed by atoms with van der Waals surface area (Å²) in [5.41, 5.74) is 10.8. The summed E-state index contributed by atoms with van der Waals surface area (Å²) in [6, 6.07) is 0. The zero-order valence-electron chi connectivity index (χ0n) is 22.4. The maximum absolute atomic E-state index is 13.2. The number of nitrogens with two attached hydrogens (primary N) is 2. The number of phosphoric ester groups is 2. The Morgan fingerprint density at radius 1 is 0.822 bits per heavy atom. The van der Waals surface area contributed by atoms with E-state index in [9.17, 15) is 33.9 Å². The third kappa shape index (κ3) is 5.31. The van der Waals surface area contributed by atoms with Crippen molar-refractivity contribution in [3.8, 4) is 0 Å². The van der Waals surface area contributed by atoms with Gasteiger partial charge in [0, 0.05) is 0 Å². The molecule has 0 saturated carbocycles. The Morgan fingerprint density at radius 2 is 1.44 bits per heavy atom. The van der Waals surface area contributed by atoms with Crippen LogP contribution in [0, 0.1) is 0 Å². The fraction of sp³-hybridized carbons (Fsp3) is 0.500. The standard InChI is InChI=1S/C20H24N10O13P2/c21-14-8-15(24-3-23-14)29(4-25-8)18-11(32)12-7(41-18)2-39-45(36,37)43-13-10(31)6(1-38-44(34,35)42-12)40-19(13)30-5-26-9-16(30)27-20(22)28-17(9)33/h3-7,10-13,18-19,31-32H,1-2H2,(H,34,35)(H,36,37)(H2,21,23,24)(H3,22,27,28,33)/t6-,7-,10-,11-,12-,13-,18-,19?/m1/s1. The average Bonchev–Trinajstić information content (AvgIpc) is 3.72. The quantitative estimate of drug-likeness (QED) is 0.109. The number of nitrogens with zero attached hydrogens (tertiary/aromatic N) is 7. The summed E-state index contributed by atoms with van der Waals surface area (Å²) in [6.45, 7) is -1.65. The molecule has 7 rings (SSSR count). The molecule has 3 saturated heterocycles. The summed E-state index contributed by atoms with van der Waals surface area (Å²) in [5, 5.41) is 22.1. The fourth-order valence-corrected chi connectivity index (χ4v) is 7.19. The summed E-state index contributed by atoms with van der Waals surface area (Å²) < 4.78 is 61.0. The van der Waals surface area contributed by atoms with Crippen molar-refractivity contribution in [1.29, 1.82) is 0 Å². The fourth-order valence-electron chi connectivity index (χ4n) is 5.30. The van der Waals surface area contributed by atoms with Gasteiger partial charge in [-0.2, -0.15) is 4.98 Å². The zero-order valence-corrected chi connectivity index (χ0v) is 24.2. The van der Waals surface area contributed by atoms with Crippen molar-refractivity contribution in [3.05, 3.63) is 29.3 Å². The van der Waals surface area contributed by atoms with E-state index in [2.05, 4.69) is 29.9 Å². The Kier molecular flexibility index (Phi) is 7.27. The van der Waals surface area contributed by atoms with Gasteiger partial charge >= 0.3 is 15.6 Å². The minimum Gasteiger partial charge on any atom is -0.387 e. The van der Waals surface area contributed by atoms with Gasteiger partial charge in [-0.15, -0.1) is 0 Å². The van der Waals surface area contributed by atoms with Crippen molar-refractivity contribution in [2.24, 2.45) is 0 Å². The van der Waals surface area contributed by atoms with E-state index in [1.807, 2.05) is 0 Å². The van der Waals surface area contributed by atoms with Crippen molar-refractivity contribution >= 4 is 49.7 Å². The number of H-pyrrole nitrogens is 1. The molecule has 0 spiro atoms. The molecule has 9 N–H and O–H groups in total. The van der Waals surface area contributed by atoms with Gasteiger partial charge in [-0.3, -0.25) is 37.0 Å². The van der Waals surface area contributed by atoms with E-state index in [0.717, 1.165) is 17.2 Å². The number of ether oxygens (including phenoxy) is 2. The van der Waals surface area contributed by atoms with Crippen LogP contribution >= 0.6 is 15.6 Å². The van der Waals surface area contributed by atoms with Crippen molar-refractivity contribution < 1.29 is 56.7 Å². The Bertz CT molecular complexity index is 1940. The Labute approximate surface area is 248 Å². The Hall–Kier alpha value is -3.44. The molecule has 2 bridgehead atoms. The van der Waals surface area contributed by atoms with Crippen LogP contribution in [0.15, 0.2) is 23.8 Å². The summed E-state index contributed by atoms with van der Waals surface area (Å²) in [4.78, 5) is 55.8. The number of aliphatic hydroxyl groups is 2. The minimum atomic E-state index is -5.11. The van der Waals surface area contributed by atoms with Crippen LogP contribution in [0.3, 0.4) is 0 Å². The summed E-state index contributed by atoms with van der Waals surface area (Å²) in [6.07, 6.45) is -9.21. The lowest BCUT2D eigenvalue weighted by molar-refractivity contribution is -0.0672. The molecule has 10 atom stereocenters. The molecule has 0 radical (unpaired) electrons. The molecule has 7 heterocycles. The SMILES string of the molecule is Nc1nc2c(ncn2C2O[C@@H]3COP(=O)(O)O[C@H]4[C@@H](O)[C@H](n5cnc6c(N)ncnc65)O[C@@H]4COP(=O)(O)O[C@@H]2[C@@H]3O)c(=O)[nH]1. The molecule has 3 fully saturated rings. The molecular weight excluding hydrogens is 650 g/mol. The maximum atomic E-state index is 13.2. The predicted molar refractivity (Wildman–Crippen MR) is 143 cm³/mol. The maximum Gasteiger partial charge on any atom is 0.472 e.